The maximum absolute atomic E-state index is 2.23. The molecule has 0 fully saturated rings. The van der Waals surface area contributed by atoms with E-state index in [2.05, 4.69) is 97.9 Å². The second kappa shape index (κ2) is 5.44. The van der Waals surface area contributed by atoms with Gasteiger partial charge in [-0.1, -0.05) is 72.8 Å². The van der Waals surface area contributed by atoms with Crippen LogP contribution in [0.25, 0.3) is 32.7 Å². The first kappa shape index (κ1) is 13.8. The zero-order valence-electron chi connectivity index (χ0n) is 13.5. The summed E-state index contributed by atoms with van der Waals surface area (Å²) in [6.07, 6.45) is 0. The van der Waals surface area contributed by atoms with Crippen molar-refractivity contribution in [2.75, 3.05) is 19.0 Å². The van der Waals surface area contributed by atoms with Crippen molar-refractivity contribution < 1.29 is 0 Å². The third kappa shape index (κ3) is 2.25. The molecule has 1 nitrogen and oxygen atoms in total. The topological polar surface area (TPSA) is 3.24 Å². The molecule has 112 valence electrons. The SMILES string of the molecule is CN(C)c1ccc2ccccc2c1-c1cccc2ccccc12. The molecule has 0 aliphatic carbocycles. The van der Waals surface area contributed by atoms with Crippen LogP contribution < -0.4 is 4.90 Å². The number of hydrogen-bond donors (Lipinski definition) is 0. The lowest BCUT2D eigenvalue weighted by Crippen LogP contribution is -2.10. The molecule has 0 atom stereocenters. The molecule has 0 heterocycles. The Labute approximate surface area is 136 Å². The van der Waals surface area contributed by atoms with Crippen molar-refractivity contribution in [2.24, 2.45) is 0 Å². The minimum absolute atomic E-state index is 1.25. The third-order valence-electron chi connectivity index (χ3n) is 4.45. The molecule has 0 aliphatic rings. The van der Waals surface area contributed by atoms with Gasteiger partial charge in [0, 0.05) is 25.3 Å². The van der Waals surface area contributed by atoms with Crippen molar-refractivity contribution >= 4 is 27.2 Å². The van der Waals surface area contributed by atoms with Gasteiger partial charge in [0.15, 0.2) is 0 Å². The van der Waals surface area contributed by atoms with Crippen LogP contribution in [0.1, 0.15) is 0 Å². The third-order valence-corrected chi connectivity index (χ3v) is 4.45. The number of nitrogens with zero attached hydrogens (tertiary/aromatic N) is 1. The lowest BCUT2D eigenvalue weighted by molar-refractivity contribution is 1.14. The Bertz CT molecular complexity index is 994. The van der Waals surface area contributed by atoms with Crippen LogP contribution in [0.15, 0.2) is 78.9 Å². The molecule has 0 saturated heterocycles. The molecule has 4 aromatic rings. The highest BCUT2D eigenvalue weighted by Crippen LogP contribution is 2.40. The molecule has 0 bridgehead atoms. The monoisotopic (exact) mass is 297 g/mol. The number of rotatable bonds is 2. The molecule has 4 rings (SSSR count). The quantitative estimate of drug-likeness (QED) is 0.457. The molecule has 0 N–H and O–H groups in total. The standard InChI is InChI=1S/C22H19N/c1-23(2)21-15-14-17-9-4-6-12-19(17)22(21)20-13-7-10-16-8-3-5-11-18(16)20/h3-15H,1-2H3. The van der Waals surface area contributed by atoms with Crippen LogP contribution in [0.3, 0.4) is 0 Å². The van der Waals surface area contributed by atoms with Crippen LogP contribution in [-0.2, 0) is 0 Å². The van der Waals surface area contributed by atoms with Crippen molar-refractivity contribution in [3.63, 3.8) is 0 Å². The van der Waals surface area contributed by atoms with Crippen LogP contribution in [0, 0.1) is 0 Å². The van der Waals surface area contributed by atoms with E-state index in [1.807, 2.05) is 0 Å². The minimum Gasteiger partial charge on any atom is -0.377 e. The Morgan fingerprint density at radius 3 is 1.91 bits per heavy atom. The first-order valence-corrected chi connectivity index (χ1v) is 7.93. The van der Waals surface area contributed by atoms with Gasteiger partial charge in [0.2, 0.25) is 0 Å². The van der Waals surface area contributed by atoms with Crippen molar-refractivity contribution in [3.8, 4) is 11.1 Å². The first-order valence-electron chi connectivity index (χ1n) is 7.93. The summed E-state index contributed by atoms with van der Waals surface area (Å²) >= 11 is 0. The van der Waals surface area contributed by atoms with E-state index in [-0.39, 0.29) is 0 Å². The summed E-state index contributed by atoms with van der Waals surface area (Å²) in [7, 11) is 4.22. The van der Waals surface area contributed by atoms with Gasteiger partial charge >= 0.3 is 0 Å². The van der Waals surface area contributed by atoms with Crippen LogP contribution >= 0.6 is 0 Å². The van der Waals surface area contributed by atoms with Crippen molar-refractivity contribution in [1.82, 2.24) is 0 Å². The molecular formula is C22H19N. The molecule has 0 radical (unpaired) electrons. The summed E-state index contributed by atoms with van der Waals surface area (Å²) < 4.78 is 0. The fourth-order valence-electron chi connectivity index (χ4n) is 3.36. The van der Waals surface area contributed by atoms with Crippen molar-refractivity contribution in [3.05, 3.63) is 78.9 Å². The van der Waals surface area contributed by atoms with Gasteiger partial charge in [0.25, 0.3) is 0 Å². The summed E-state index contributed by atoms with van der Waals surface area (Å²) in [5.74, 6) is 0. The Morgan fingerprint density at radius 2 is 1.17 bits per heavy atom. The molecule has 0 aliphatic heterocycles. The van der Waals surface area contributed by atoms with Gasteiger partial charge in [0.05, 0.1) is 0 Å². The van der Waals surface area contributed by atoms with Gasteiger partial charge in [0.1, 0.15) is 0 Å². The predicted molar refractivity (Wildman–Crippen MR) is 101 cm³/mol. The van der Waals surface area contributed by atoms with E-state index in [1.165, 1.54) is 38.4 Å². The molecule has 0 aromatic heterocycles. The first-order chi connectivity index (χ1) is 11.3. The Hall–Kier alpha value is -2.80. The number of benzene rings is 4. The minimum atomic E-state index is 1.25. The van der Waals surface area contributed by atoms with Crippen LogP contribution in [0.5, 0.6) is 0 Å². The zero-order valence-corrected chi connectivity index (χ0v) is 13.5. The van der Waals surface area contributed by atoms with Crippen LogP contribution in [-0.4, -0.2) is 14.1 Å². The number of anilines is 1. The fraction of sp³-hybridized carbons (Fsp3) is 0.0909. The molecule has 0 amide bonds. The van der Waals surface area contributed by atoms with Gasteiger partial charge in [-0.25, -0.2) is 0 Å². The van der Waals surface area contributed by atoms with Gasteiger partial charge in [-0.2, -0.15) is 0 Å². The van der Waals surface area contributed by atoms with Gasteiger partial charge < -0.3 is 4.90 Å². The molecule has 0 saturated carbocycles. The molecule has 4 aromatic carbocycles. The number of hydrogen-bond acceptors (Lipinski definition) is 1. The van der Waals surface area contributed by atoms with E-state index in [9.17, 15) is 0 Å². The lowest BCUT2D eigenvalue weighted by Gasteiger charge is -2.21. The van der Waals surface area contributed by atoms with Crippen molar-refractivity contribution in [1.29, 1.82) is 0 Å². The van der Waals surface area contributed by atoms with E-state index in [0.717, 1.165) is 0 Å². The Balaban J connectivity index is 2.17. The molecule has 23 heavy (non-hydrogen) atoms. The van der Waals surface area contributed by atoms with Gasteiger partial charge in [-0.05, 0) is 33.2 Å². The Kier molecular flexibility index (Phi) is 3.27. The van der Waals surface area contributed by atoms with Crippen LogP contribution in [0.2, 0.25) is 0 Å². The molecule has 0 spiro atoms. The van der Waals surface area contributed by atoms with E-state index >= 15 is 0 Å². The molecular weight excluding hydrogens is 278 g/mol. The summed E-state index contributed by atoms with van der Waals surface area (Å²) in [4.78, 5) is 2.20. The van der Waals surface area contributed by atoms with E-state index in [0.29, 0.717) is 0 Å². The zero-order chi connectivity index (χ0) is 15.8. The normalized spacial score (nSPS) is 11.0. The summed E-state index contributed by atoms with van der Waals surface area (Å²) in [6.45, 7) is 0. The predicted octanol–water partition coefficient (Wildman–Crippen LogP) is 5.73. The molecule has 0 unspecified atom stereocenters. The van der Waals surface area contributed by atoms with E-state index < -0.39 is 0 Å². The summed E-state index contributed by atoms with van der Waals surface area (Å²) in [5, 5.41) is 5.16. The largest absolute Gasteiger partial charge is 0.377 e. The average molecular weight is 297 g/mol. The second-order valence-electron chi connectivity index (χ2n) is 6.10. The van der Waals surface area contributed by atoms with Crippen LogP contribution in [0.4, 0.5) is 5.69 Å². The van der Waals surface area contributed by atoms with E-state index in [1.54, 1.807) is 0 Å². The second-order valence-corrected chi connectivity index (χ2v) is 6.10. The highest BCUT2D eigenvalue weighted by Gasteiger charge is 2.13. The van der Waals surface area contributed by atoms with Gasteiger partial charge in [-0.15, -0.1) is 0 Å². The maximum atomic E-state index is 2.23. The maximum Gasteiger partial charge on any atom is 0.0447 e. The summed E-state index contributed by atoms with van der Waals surface area (Å²) in [6, 6.07) is 28.2. The fourth-order valence-corrected chi connectivity index (χ4v) is 3.36. The van der Waals surface area contributed by atoms with E-state index in [4.69, 9.17) is 0 Å². The van der Waals surface area contributed by atoms with Gasteiger partial charge in [-0.3, -0.25) is 0 Å². The highest BCUT2D eigenvalue weighted by molar-refractivity contribution is 6.09. The number of fused-ring (bicyclic) bond motifs is 2. The highest BCUT2D eigenvalue weighted by atomic mass is 15.1. The smallest absolute Gasteiger partial charge is 0.0447 e. The molecule has 1 heteroatoms. The average Bonchev–Trinajstić information content (AvgIpc) is 2.60. The Morgan fingerprint density at radius 1 is 0.565 bits per heavy atom. The lowest BCUT2D eigenvalue weighted by atomic mass is 9.92. The van der Waals surface area contributed by atoms with Crippen molar-refractivity contribution in [2.45, 2.75) is 0 Å². The summed E-state index contributed by atoms with van der Waals surface area (Å²) in [5.41, 5.74) is 3.86.